The molecule has 0 radical (unpaired) electrons. The van der Waals surface area contributed by atoms with Gasteiger partial charge in [-0.1, -0.05) is 24.6 Å². The number of benzene rings is 1. The van der Waals surface area contributed by atoms with Crippen LogP contribution >= 0.6 is 11.6 Å². The molecule has 0 atom stereocenters. The van der Waals surface area contributed by atoms with Crippen molar-refractivity contribution in [1.82, 2.24) is 4.72 Å². The van der Waals surface area contributed by atoms with Crippen molar-refractivity contribution in [3.63, 3.8) is 0 Å². The fraction of sp³-hybridized carbons (Fsp3) is 0.500. The van der Waals surface area contributed by atoms with Gasteiger partial charge >= 0.3 is 0 Å². The molecule has 2 rings (SSSR count). The van der Waals surface area contributed by atoms with Gasteiger partial charge in [-0.2, -0.15) is 0 Å². The standard InChI is InChI=1S/C12H16ClNO3S/c1-8-4-10(5-8)14-18(16,17)11-3-2-9(7-15)12(13)6-11/h2-3,6,8,10,14-15H,4-5,7H2,1H3. The summed E-state index contributed by atoms with van der Waals surface area (Å²) >= 11 is 5.89. The summed E-state index contributed by atoms with van der Waals surface area (Å²) in [6.07, 6.45) is 1.75. The van der Waals surface area contributed by atoms with Gasteiger partial charge in [0.25, 0.3) is 0 Å². The molecule has 1 aliphatic carbocycles. The van der Waals surface area contributed by atoms with Gasteiger partial charge in [-0.3, -0.25) is 0 Å². The Morgan fingerprint density at radius 1 is 1.44 bits per heavy atom. The maximum absolute atomic E-state index is 12.1. The molecule has 6 heteroatoms. The van der Waals surface area contributed by atoms with E-state index in [9.17, 15) is 8.42 Å². The van der Waals surface area contributed by atoms with Crippen LogP contribution in [0.15, 0.2) is 23.1 Å². The maximum atomic E-state index is 12.1. The predicted octanol–water partition coefficient (Wildman–Crippen LogP) is 1.91. The van der Waals surface area contributed by atoms with Gasteiger partial charge in [0, 0.05) is 11.1 Å². The van der Waals surface area contributed by atoms with Gasteiger partial charge < -0.3 is 5.11 Å². The molecule has 1 aromatic rings. The number of hydrogen-bond donors (Lipinski definition) is 2. The van der Waals surface area contributed by atoms with Crippen LogP contribution < -0.4 is 4.72 Å². The van der Waals surface area contributed by atoms with Gasteiger partial charge in [0.15, 0.2) is 0 Å². The topological polar surface area (TPSA) is 66.4 Å². The molecule has 0 spiro atoms. The molecule has 0 aliphatic heterocycles. The van der Waals surface area contributed by atoms with Crippen molar-refractivity contribution < 1.29 is 13.5 Å². The van der Waals surface area contributed by atoms with Gasteiger partial charge in [-0.15, -0.1) is 0 Å². The highest BCUT2D eigenvalue weighted by atomic mass is 35.5. The highest BCUT2D eigenvalue weighted by Gasteiger charge is 2.29. The second-order valence-electron chi connectivity index (χ2n) is 4.81. The van der Waals surface area contributed by atoms with Gasteiger partial charge in [0.1, 0.15) is 0 Å². The van der Waals surface area contributed by atoms with E-state index in [2.05, 4.69) is 11.6 Å². The molecule has 1 aromatic carbocycles. The summed E-state index contributed by atoms with van der Waals surface area (Å²) < 4.78 is 26.8. The van der Waals surface area contributed by atoms with Crippen molar-refractivity contribution in [3.05, 3.63) is 28.8 Å². The molecule has 100 valence electrons. The first-order chi connectivity index (χ1) is 8.42. The largest absolute Gasteiger partial charge is 0.392 e. The average Bonchev–Trinajstić information content (AvgIpc) is 2.26. The van der Waals surface area contributed by atoms with Crippen LogP contribution in [-0.2, 0) is 16.6 Å². The highest BCUT2D eigenvalue weighted by Crippen LogP contribution is 2.28. The lowest BCUT2D eigenvalue weighted by Gasteiger charge is -2.32. The van der Waals surface area contributed by atoms with E-state index in [0.29, 0.717) is 11.5 Å². The molecule has 0 bridgehead atoms. The lowest BCUT2D eigenvalue weighted by atomic mass is 9.83. The van der Waals surface area contributed by atoms with Crippen molar-refractivity contribution in [2.75, 3.05) is 0 Å². The van der Waals surface area contributed by atoms with E-state index in [1.165, 1.54) is 18.2 Å². The van der Waals surface area contributed by atoms with Crippen LogP contribution in [0.5, 0.6) is 0 Å². The Bertz CT molecular complexity index is 538. The SMILES string of the molecule is CC1CC(NS(=O)(=O)c2ccc(CO)c(Cl)c2)C1. The van der Waals surface area contributed by atoms with Crippen LogP contribution in [0.3, 0.4) is 0 Å². The molecular weight excluding hydrogens is 274 g/mol. The van der Waals surface area contributed by atoms with Crippen LogP contribution in [0.25, 0.3) is 0 Å². The van der Waals surface area contributed by atoms with Gasteiger partial charge in [0.05, 0.1) is 11.5 Å². The summed E-state index contributed by atoms with van der Waals surface area (Å²) in [7, 11) is -3.51. The van der Waals surface area contributed by atoms with E-state index in [1.54, 1.807) is 0 Å². The minimum Gasteiger partial charge on any atom is -0.392 e. The molecule has 1 saturated carbocycles. The number of nitrogens with one attached hydrogen (secondary N) is 1. The van der Waals surface area contributed by atoms with E-state index in [-0.39, 0.29) is 22.6 Å². The Balaban J connectivity index is 2.16. The molecule has 1 aliphatic rings. The first-order valence-electron chi connectivity index (χ1n) is 5.84. The smallest absolute Gasteiger partial charge is 0.240 e. The molecule has 2 N–H and O–H groups in total. The molecule has 0 unspecified atom stereocenters. The molecule has 1 fully saturated rings. The molecule has 0 heterocycles. The van der Waals surface area contributed by atoms with Gasteiger partial charge in [0.2, 0.25) is 10.0 Å². The normalized spacial score (nSPS) is 23.7. The van der Waals surface area contributed by atoms with Crippen LogP contribution in [0.4, 0.5) is 0 Å². The molecular formula is C12H16ClNO3S. The van der Waals surface area contributed by atoms with Gasteiger partial charge in [-0.25, -0.2) is 13.1 Å². The monoisotopic (exact) mass is 289 g/mol. The van der Waals surface area contributed by atoms with Crippen LogP contribution in [0, 0.1) is 5.92 Å². The number of aliphatic hydroxyl groups excluding tert-OH is 1. The van der Waals surface area contributed by atoms with Crippen molar-refractivity contribution in [1.29, 1.82) is 0 Å². The Morgan fingerprint density at radius 2 is 2.11 bits per heavy atom. The van der Waals surface area contributed by atoms with Crippen LogP contribution in [0.1, 0.15) is 25.3 Å². The molecule has 18 heavy (non-hydrogen) atoms. The van der Waals surface area contributed by atoms with Crippen molar-refractivity contribution >= 4 is 21.6 Å². The van der Waals surface area contributed by atoms with E-state index in [1.807, 2.05) is 0 Å². The second kappa shape index (κ2) is 5.17. The van der Waals surface area contributed by atoms with Gasteiger partial charge in [-0.05, 0) is 36.5 Å². The summed E-state index contributed by atoms with van der Waals surface area (Å²) in [6.45, 7) is 1.89. The summed E-state index contributed by atoms with van der Waals surface area (Å²) in [5.74, 6) is 0.582. The van der Waals surface area contributed by atoms with E-state index in [0.717, 1.165) is 12.8 Å². The summed E-state index contributed by atoms with van der Waals surface area (Å²) in [5.41, 5.74) is 0.521. The minimum atomic E-state index is -3.51. The van der Waals surface area contributed by atoms with E-state index in [4.69, 9.17) is 16.7 Å². The lowest BCUT2D eigenvalue weighted by Crippen LogP contribution is -2.43. The number of halogens is 1. The van der Waals surface area contributed by atoms with Crippen molar-refractivity contribution in [2.45, 2.75) is 37.3 Å². The zero-order chi connectivity index (χ0) is 13.3. The van der Waals surface area contributed by atoms with Crippen LogP contribution in [0.2, 0.25) is 5.02 Å². The Kier molecular flexibility index (Phi) is 3.96. The third kappa shape index (κ3) is 2.85. The van der Waals surface area contributed by atoms with E-state index < -0.39 is 10.0 Å². The predicted molar refractivity (Wildman–Crippen MR) is 69.9 cm³/mol. The summed E-state index contributed by atoms with van der Waals surface area (Å²) in [5, 5.41) is 9.25. The molecule has 0 aromatic heterocycles. The average molecular weight is 290 g/mol. The Hall–Kier alpha value is -0.620. The number of sulfonamides is 1. The molecule has 0 saturated heterocycles. The highest BCUT2D eigenvalue weighted by molar-refractivity contribution is 7.89. The van der Waals surface area contributed by atoms with E-state index >= 15 is 0 Å². The van der Waals surface area contributed by atoms with Crippen molar-refractivity contribution in [3.8, 4) is 0 Å². The number of aliphatic hydroxyl groups is 1. The zero-order valence-corrected chi connectivity index (χ0v) is 11.6. The molecule has 0 amide bonds. The Labute approximate surface area is 112 Å². The fourth-order valence-corrected chi connectivity index (χ4v) is 3.70. The second-order valence-corrected chi connectivity index (χ2v) is 6.93. The quantitative estimate of drug-likeness (QED) is 0.890. The minimum absolute atomic E-state index is 0.0290. The zero-order valence-electron chi connectivity index (χ0n) is 10.1. The summed E-state index contributed by atoms with van der Waals surface area (Å²) in [6, 6.07) is 4.39. The third-order valence-electron chi connectivity index (χ3n) is 3.20. The number of hydrogen-bond acceptors (Lipinski definition) is 3. The lowest BCUT2D eigenvalue weighted by molar-refractivity contribution is 0.270. The first-order valence-corrected chi connectivity index (χ1v) is 7.70. The van der Waals surface area contributed by atoms with Crippen molar-refractivity contribution in [2.24, 2.45) is 5.92 Å². The van der Waals surface area contributed by atoms with Crippen LogP contribution in [-0.4, -0.2) is 19.6 Å². The number of rotatable bonds is 4. The first kappa shape index (κ1) is 13.8. The summed E-state index contributed by atoms with van der Waals surface area (Å²) in [4.78, 5) is 0.143. The Morgan fingerprint density at radius 3 is 2.61 bits per heavy atom. The molecule has 4 nitrogen and oxygen atoms in total. The maximum Gasteiger partial charge on any atom is 0.240 e. The third-order valence-corrected chi connectivity index (χ3v) is 5.07. The fourth-order valence-electron chi connectivity index (χ4n) is 2.11.